The van der Waals surface area contributed by atoms with Crippen molar-refractivity contribution in [3.63, 3.8) is 0 Å². The molecule has 0 aromatic heterocycles. The second-order valence-electron chi connectivity index (χ2n) is 3.95. The number of carboxylic acid groups (broad SMARTS) is 2. The molecular formula is C12H16N2O7. The number of hydrogen-bond acceptors (Lipinski definition) is 7. The number of nitrogens with two attached hydrogens (primary N) is 1. The summed E-state index contributed by atoms with van der Waals surface area (Å²) in [5, 5.41) is 13.9. The van der Waals surface area contributed by atoms with Crippen LogP contribution >= 0.6 is 0 Å². The van der Waals surface area contributed by atoms with Gasteiger partial charge in [0.1, 0.15) is 12.0 Å². The van der Waals surface area contributed by atoms with Gasteiger partial charge in [-0.1, -0.05) is 0 Å². The zero-order valence-electron chi connectivity index (χ0n) is 11.1. The maximum absolute atomic E-state index is 11.9. The maximum atomic E-state index is 11.9. The molecule has 9 nitrogen and oxygen atoms in total. The molecule has 1 aliphatic heterocycles. The van der Waals surface area contributed by atoms with Crippen LogP contribution < -0.4 is 5.73 Å². The van der Waals surface area contributed by atoms with E-state index in [0.29, 0.717) is 19.4 Å². The number of Topliss-reactive ketones (excluding diaryl/α,β-unsaturated/α-hetero) is 1. The Kier molecular flexibility index (Phi) is 9.07. The molecule has 0 aromatic carbocycles. The van der Waals surface area contributed by atoms with Gasteiger partial charge in [-0.2, -0.15) is 4.99 Å². The average Bonchev–Trinajstić information content (AvgIpc) is 2.83. The smallest absolute Gasteiger partial charge is 0.450 e. The van der Waals surface area contributed by atoms with Gasteiger partial charge in [-0.3, -0.25) is 9.59 Å². The van der Waals surface area contributed by atoms with E-state index in [1.54, 1.807) is 0 Å². The standard InChI is InChI=1S/C11H14N2O4.CH2O3/c12-5-2-1-3-9(13-7-14)10(15)8-4-6-17-11(8)16;2-1(3)4/h4,6,8-9H,1-3,5,12H2;(H2,2,3,4). The minimum Gasteiger partial charge on any atom is -0.450 e. The average molecular weight is 300 g/mol. The van der Waals surface area contributed by atoms with Gasteiger partial charge in [-0.15, -0.1) is 0 Å². The first-order chi connectivity index (χ1) is 9.93. The summed E-state index contributed by atoms with van der Waals surface area (Å²) in [5.74, 6) is -2.00. The molecule has 1 aliphatic rings. The molecule has 0 radical (unpaired) electrons. The van der Waals surface area contributed by atoms with Crippen LogP contribution in [0, 0.1) is 5.92 Å². The molecule has 21 heavy (non-hydrogen) atoms. The number of ketones is 1. The van der Waals surface area contributed by atoms with Crippen LogP contribution in [0.4, 0.5) is 4.79 Å². The van der Waals surface area contributed by atoms with Crippen molar-refractivity contribution in [2.24, 2.45) is 16.6 Å². The van der Waals surface area contributed by atoms with Gasteiger partial charge in [0.05, 0.1) is 6.26 Å². The first-order valence-electron chi connectivity index (χ1n) is 6.03. The number of rotatable bonds is 7. The van der Waals surface area contributed by atoms with E-state index in [1.165, 1.54) is 18.4 Å². The van der Waals surface area contributed by atoms with E-state index in [9.17, 15) is 14.4 Å². The van der Waals surface area contributed by atoms with Crippen molar-refractivity contribution in [3.8, 4) is 0 Å². The molecule has 2 atom stereocenters. The summed E-state index contributed by atoms with van der Waals surface area (Å²) in [7, 11) is 0. The molecule has 4 N–H and O–H groups in total. The second-order valence-corrected chi connectivity index (χ2v) is 3.95. The van der Waals surface area contributed by atoms with E-state index < -0.39 is 29.9 Å². The highest BCUT2D eigenvalue weighted by atomic mass is 16.6. The Morgan fingerprint density at radius 1 is 1.43 bits per heavy atom. The summed E-state index contributed by atoms with van der Waals surface area (Å²) < 4.78 is 4.54. The molecule has 1 rings (SSSR count). The van der Waals surface area contributed by atoms with Gasteiger partial charge in [0.25, 0.3) is 0 Å². The Morgan fingerprint density at radius 2 is 2.05 bits per heavy atom. The third kappa shape index (κ3) is 7.61. The first-order valence-corrected chi connectivity index (χ1v) is 6.03. The molecule has 0 aromatic rings. The highest BCUT2D eigenvalue weighted by Gasteiger charge is 2.34. The monoisotopic (exact) mass is 300 g/mol. The van der Waals surface area contributed by atoms with Crippen LogP contribution in [0.5, 0.6) is 0 Å². The van der Waals surface area contributed by atoms with Crippen molar-refractivity contribution in [2.45, 2.75) is 25.3 Å². The number of isocyanates is 1. The number of carbonyl (C=O) groups is 3. The van der Waals surface area contributed by atoms with Gasteiger partial charge >= 0.3 is 12.1 Å². The molecule has 1 heterocycles. The Morgan fingerprint density at radius 3 is 2.48 bits per heavy atom. The lowest BCUT2D eigenvalue weighted by Crippen LogP contribution is -2.29. The lowest BCUT2D eigenvalue weighted by molar-refractivity contribution is -0.143. The van der Waals surface area contributed by atoms with Crippen LogP contribution in [0.3, 0.4) is 0 Å². The first kappa shape index (κ1) is 18.5. The minimum absolute atomic E-state index is 0.392. The van der Waals surface area contributed by atoms with Crippen LogP contribution in [0.2, 0.25) is 0 Å². The largest absolute Gasteiger partial charge is 0.503 e. The molecule has 2 unspecified atom stereocenters. The van der Waals surface area contributed by atoms with Gasteiger partial charge < -0.3 is 20.7 Å². The molecule has 9 heteroatoms. The molecule has 0 bridgehead atoms. The molecule has 116 valence electrons. The lowest BCUT2D eigenvalue weighted by atomic mass is 9.95. The second kappa shape index (κ2) is 10.3. The predicted octanol–water partition coefficient (Wildman–Crippen LogP) is 0.298. The summed E-state index contributed by atoms with van der Waals surface area (Å²) in [6, 6.07) is -0.834. The van der Waals surface area contributed by atoms with E-state index >= 15 is 0 Å². The van der Waals surface area contributed by atoms with E-state index in [2.05, 4.69) is 9.73 Å². The maximum Gasteiger partial charge on any atom is 0.503 e. The number of aliphatic imine (C=N–C) groups is 1. The lowest BCUT2D eigenvalue weighted by Gasteiger charge is -2.11. The van der Waals surface area contributed by atoms with Crippen LogP contribution in [0.25, 0.3) is 0 Å². The fourth-order valence-corrected chi connectivity index (χ4v) is 1.57. The molecule has 0 aliphatic carbocycles. The Bertz CT molecular complexity index is 451. The topological polar surface area (TPSA) is 156 Å². The number of cyclic esters (lactones) is 1. The third-order valence-corrected chi connectivity index (χ3v) is 2.48. The summed E-state index contributed by atoms with van der Waals surface area (Å²) in [4.78, 5) is 45.3. The highest BCUT2D eigenvalue weighted by molar-refractivity contribution is 6.04. The summed E-state index contributed by atoms with van der Waals surface area (Å²) in [5.41, 5.74) is 5.33. The number of nitrogens with zero attached hydrogens (tertiary/aromatic N) is 1. The van der Waals surface area contributed by atoms with Crippen molar-refractivity contribution >= 4 is 24.0 Å². The minimum atomic E-state index is -1.83. The molecule has 0 fully saturated rings. The van der Waals surface area contributed by atoms with E-state index in [-0.39, 0.29) is 0 Å². The summed E-state index contributed by atoms with van der Waals surface area (Å²) in [6.45, 7) is 0.511. The van der Waals surface area contributed by atoms with Gasteiger partial charge in [0.2, 0.25) is 6.08 Å². The number of unbranched alkanes of at least 4 members (excludes halogenated alkanes) is 1. The van der Waals surface area contributed by atoms with E-state index in [1.807, 2.05) is 0 Å². The van der Waals surface area contributed by atoms with Crippen LogP contribution in [-0.4, -0.2) is 46.8 Å². The molecule has 0 saturated heterocycles. The van der Waals surface area contributed by atoms with Gasteiger partial charge in [0, 0.05) is 0 Å². The van der Waals surface area contributed by atoms with Crippen molar-refractivity contribution in [3.05, 3.63) is 12.3 Å². The van der Waals surface area contributed by atoms with E-state index in [4.69, 9.17) is 20.7 Å². The zero-order chi connectivity index (χ0) is 16.3. The van der Waals surface area contributed by atoms with Crippen LogP contribution in [0.1, 0.15) is 19.3 Å². The molecule has 0 spiro atoms. The number of hydrogen-bond donors (Lipinski definition) is 3. The van der Waals surface area contributed by atoms with Crippen LogP contribution in [0.15, 0.2) is 17.3 Å². The summed E-state index contributed by atoms with van der Waals surface area (Å²) >= 11 is 0. The third-order valence-electron chi connectivity index (χ3n) is 2.48. The normalized spacial score (nSPS) is 17.0. The SMILES string of the molecule is NCCCCC(N=C=O)C(=O)C1C=COC1=O.O=C(O)O. The molecule has 0 amide bonds. The van der Waals surface area contributed by atoms with E-state index in [0.717, 1.165) is 6.42 Å². The summed E-state index contributed by atoms with van der Waals surface area (Å²) in [6.07, 6.45) is 3.86. The molecular weight excluding hydrogens is 284 g/mol. The number of ether oxygens (including phenoxy) is 1. The van der Waals surface area contributed by atoms with Crippen LogP contribution in [-0.2, 0) is 19.1 Å². The Labute approximate surface area is 120 Å². The highest BCUT2D eigenvalue weighted by Crippen LogP contribution is 2.17. The van der Waals surface area contributed by atoms with Crippen molar-refractivity contribution in [1.29, 1.82) is 0 Å². The fraction of sp³-hybridized carbons (Fsp3) is 0.500. The predicted molar refractivity (Wildman–Crippen MR) is 69.2 cm³/mol. The molecule has 0 saturated carbocycles. The fourth-order valence-electron chi connectivity index (χ4n) is 1.57. The van der Waals surface area contributed by atoms with Gasteiger partial charge in [-0.25, -0.2) is 9.59 Å². The number of carbonyl (C=O) groups excluding carboxylic acids is 3. The quantitative estimate of drug-likeness (QED) is 0.199. The Balaban J connectivity index is 0.000000885. The van der Waals surface area contributed by atoms with Crippen molar-refractivity contribution < 1.29 is 34.1 Å². The van der Waals surface area contributed by atoms with Crippen molar-refractivity contribution in [1.82, 2.24) is 0 Å². The zero-order valence-corrected chi connectivity index (χ0v) is 11.1. The van der Waals surface area contributed by atoms with Gasteiger partial charge in [0.15, 0.2) is 5.78 Å². The van der Waals surface area contributed by atoms with Gasteiger partial charge in [-0.05, 0) is 31.9 Å². The number of esters is 1. The Hall–Kier alpha value is -2.51. The van der Waals surface area contributed by atoms with Crippen molar-refractivity contribution in [2.75, 3.05) is 6.54 Å².